The number of amides is 1. The Hall–Kier alpha value is -2.70. The van der Waals surface area contributed by atoms with Crippen LogP contribution in [0.3, 0.4) is 0 Å². The minimum atomic E-state index is -3.64. The van der Waals surface area contributed by atoms with Crippen LogP contribution < -0.4 is 14.4 Å². The third kappa shape index (κ3) is 5.26. The molecule has 1 saturated heterocycles. The Kier molecular flexibility index (Phi) is 7.92. The number of halogens is 1. The van der Waals surface area contributed by atoms with Gasteiger partial charge in [0, 0.05) is 19.0 Å². The molecule has 0 bridgehead atoms. The van der Waals surface area contributed by atoms with Crippen molar-refractivity contribution in [2.24, 2.45) is 5.92 Å². The lowest BCUT2D eigenvalue weighted by Crippen LogP contribution is -2.44. The van der Waals surface area contributed by atoms with Crippen molar-refractivity contribution in [3.8, 4) is 11.5 Å². The van der Waals surface area contributed by atoms with Gasteiger partial charge in [-0.15, -0.1) is 11.3 Å². The van der Waals surface area contributed by atoms with Gasteiger partial charge in [0.1, 0.15) is 25.9 Å². The summed E-state index contributed by atoms with van der Waals surface area (Å²) in [6.45, 7) is 0.861. The Morgan fingerprint density at radius 1 is 1.03 bits per heavy atom. The number of rotatable bonds is 8. The molecule has 8 nitrogen and oxygen atoms in total. The minimum Gasteiger partial charge on any atom is -0.495 e. The maximum Gasteiger partial charge on any atom is 0.252 e. The SMILES string of the molecule is COc1ccc(OC)c2sc(N(Cc3ccccc3)C(=O)C3CCN(S(=O)(=O)c4ccc(Cl)s4)CC3)nc12. The van der Waals surface area contributed by atoms with E-state index in [4.69, 9.17) is 26.1 Å². The molecule has 1 aliphatic heterocycles. The number of fused-ring (bicyclic) bond motifs is 1. The number of methoxy groups -OCH3 is 2. The molecule has 1 aliphatic rings. The van der Waals surface area contributed by atoms with Crippen LogP contribution in [0.2, 0.25) is 4.34 Å². The molecule has 2 aromatic carbocycles. The van der Waals surface area contributed by atoms with Crippen molar-refractivity contribution >= 4 is 65.6 Å². The molecule has 2 aromatic heterocycles. The number of nitrogens with zero attached hydrogens (tertiary/aromatic N) is 3. The predicted octanol–water partition coefficient (Wildman–Crippen LogP) is 5.66. The van der Waals surface area contributed by atoms with Gasteiger partial charge in [-0.25, -0.2) is 13.4 Å². The second kappa shape index (κ2) is 11.2. The van der Waals surface area contributed by atoms with Crippen LogP contribution in [0.5, 0.6) is 11.5 Å². The van der Waals surface area contributed by atoms with Gasteiger partial charge >= 0.3 is 0 Å². The van der Waals surface area contributed by atoms with Gasteiger partial charge in [-0.1, -0.05) is 53.3 Å². The summed E-state index contributed by atoms with van der Waals surface area (Å²) in [5.74, 6) is 0.835. The highest BCUT2D eigenvalue weighted by Gasteiger charge is 2.36. The van der Waals surface area contributed by atoms with E-state index in [2.05, 4.69) is 0 Å². The first kappa shape index (κ1) is 26.9. The molecule has 38 heavy (non-hydrogen) atoms. The third-order valence-electron chi connectivity index (χ3n) is 6.53. The van der Waals surface area contributed by atoms with E-state index in [1.165, 1.54) is 21.7 Å². The Morgan fingerprint density at radius 3 is 2.34 bits per heavy atom. The number of aromatic nitrogens is 1. The van der Waals surface area contributed by atoms with Crippen molar-refractivity contribution in [1.29, 1.82) is 0 Å². The molecule has 1 fully saturated rings. The Bertz CT molecular complexity index is 1510. The summed E-state index contributed by atoms with van der Waals surface area (Å²) in [4.78, 5) is 20.5. The monoisotopic (exact) mass is 591 g/mol. The maximum atomic E-state index is 14.0. The average Bonchev–Trinajstić information content (AvgIpc) is 3.59. The molecule has 0 N–H and O–H groups in total. The lowest BCUT2D eigenvalue weighted by atomic mass is 9.96. The Labute approximate surface area is 234 Å². The van der Waals surface area contributed by atoms with Crippen LogP contribution in [0.25, 0.3) is 10.2 Å². The quantitative estimate of drug-likeness (QED) is 0.263. The molecule has 0 atom stereocenters. The Morgan fingerprint density at radius 2 is 1.71 bits per heavy atom. The van der Waals surface area contributed by atoms with Crippen molar-refractivity contribution in [2.75, 3.05) is 32.2 Å². The standard InChI is InChI=1S/C26H26ClN3O5S3/c1-34-19-8-9-20(35-2)24-23(19)28-26(37-24)30(16-17-6-4-3-5-7-17)25(31)18-12-14-29(15-13-18)38(32,33)22-11-10-21(27)36-22/h3-11,18H,12-16H2,1-2H3. The Balaban J connectivity index is 1.43. The number of thiophene rings is 1. The van der Waals surface area contributed by atoms with Gasteiger partial charge in [-0.2, -0.15) is 4.31 Å². The van der Waals surface area contributed by atoms with Crippen LogP contribution in [-0.4, -0.2) is 50.9 Å². The summed E-state index contributed by atoms with van der Waals surface area (Å²) in [7, 11) is -0.460. The second-order valence-electron chi connectivity index (χ2n) is 8.79. The summed E-state index contributed by atoms with van der Waals surface area (Å²) in [5.41, 5.74) is 1.60. The number of carbonyl (C=O) groups excluding carboxylic acids is 1. The first-order chi connectivity index (χ1) is 18.3. The van der Waals surface area contributed by atoms with Crippen LogP contribution >= 0.6 is 34.3 Å². The van der Waals surface area contributed by atoms with Crippen LogP contribution in [0.4, 0.5) is 5.13 Å². The molecule has 0 saturated carbocycles. The minimum absolute atomic E-state index is 0.0814. The number of hydrogen-bond donors (Lipinski definition) is 0. The first-order valence-electron chi connectivity index (χ1n) is 11.9. The summed E-state index contributed by atoms with van der Waals surface area (Å²) in [6, 6.07) is 16.5. The van der Waals surface area contributed by atoms with Crippen LogP contribution in [0, 0.1) is 5.92 Å². The highest BCUT2D eigenvalue weighted by molar-refractivity contribution is 7.91. The van der Waals surface area contributed by atoms with E-state index in [0.717, 1.165) is 21.6 Å². The van der Waals surface area contributed by atoms with Crippen LogP contribution in [0.15, 0.2) is 58.8 Å². The summed E-state index contributed by atoms with van der Waals surface area (Å²) in [6.07, 6.45) is 0.833. The molecule has 0 radical (unpaired) electrons. The lowest BCUT2D eigenvalue weighted by Gasteiger charge is -2.32. The van der Waals surface area contributed by atoms with E-state index in [0.29, 0.717) is 45.9 Å². The van der Waals surface area contributed by atoms with E-state index in [9.17, 15) is 13.2 Å². The zero-order valence-electron chi connectivity index (χ0n) is 20.8. The van der Waals surface area contributed by atoms with E-state index in [1.54, 1.807) is 31.3 Å². The van der Waals surface area contributed by atoms with Crippen molar-refractivity contribution < 1.29 is 22.7 Å². The van der Waals surface area contributed by atoms with Crippen LogP contribution in [-0.2, 0) is 21.4 Å². The number of anilines is 1. The molecule has 0 spiro atoms. The van der Waals surface area contributed by atoms with E-state index in [1.807, 2.05) is 36.4 Å². The third-order valence-corrected chi connectivity index (χ3v) is 11.2. The summed E-state index contributed by atoms with van der Waals surface area (Å²) in [5, 5.41) is 0.542. The van der Waals surface area contributed by atoms with Crippen molar-refractivity contribution in [3.05, 3.63) is 64.5 Å². The number of hydrogen-bond acceptors (Lipinski definition) is 8. The zero-order chi connectivity index (χ0) is 26.9. The van der Waals surface area contributed by atoms with Gasteiger partial charge in [-0.05, 0) is 42.7 Å². The fraction of sp³-hybridized carbons (Fsp3) is 0.308. The van der Waals surface area contributed by atoms with Crippen molar-refractivity contribution in [1.82, 2.24) is 9.29 Å². The number of ether oxygens (including phenoxy) is 2. The highest BCUT2D eigenvalue weighted by Crippen LogP contribution is 2.41. The first-order valence-corrected chi connectivity index (χ1v) is 15.4. The van der Waals surface area contributed by atoms with Gasteiger partial charge in [0.25, 0.3) is 10.0 Å². The maximum absolute atomic E-state index is 14.0. The normalized spacial score (nSPS) is 15.0. The molecule has 0 aliphatic carbocycles. The van der Waals surface area contributed by atoms with E-state index >= 15 is 0 Å². The van der Waals surface area contributed by atoms with Gasteiger partial charge in [0.05, 0.1) is 25.1 Å². The number of sulfonamides is 1. The van der Waals surface area contributed by atoms with Gasteiger partial charge in [-0.3, -0.25) is 9.69 Å². The fourth-order valence-corrected chi connectivity index (χ4v) is 8.71. The van der Waals surface area contributed by atoms with Gasteiger partial charge in [0.15, 0.2) is 5.13 Å². The average molecular weight is 592 g/mol. The number of benzene rings is 2. The largest absolute Gasteiger partial charge is 0.495 e. The zero-order valence-corrected chi connectivity index (χ0v) is 24.0. The predicted molar refractivity (Wildman–Crippen MR) is 151 cm³/mol. The van der Waals surface area contributed by atoms with Crippen molar-refractivity contribution in [3.63, 3.8) is 0 Å². The molecular weight excluding hydrogens is 566 g/mol. The molecule has 3 heterocycles. The fourth-order valence-electron chi connectivity index (χ4n) is 4.52. The summed E-state index contributed by atoms with van der Waals surface area (Å²) >= 11 is 8.38. The molecule has 200 valence electrons. The molecule has 1 amide bonds. The smallest absolute Gasteiger partial charge is 0.252 e. The second-order valence-corrected chi connectivity index (χ2v) is 13.6. The topological polar surface area (TPSA) is 89.0 Å². The van der Waals surface area contributed by atoms with Crippen LogP contribution in [0.1, 0.15) is 18.4 Å². The highest BCUT2D eigenvalue weighted by atomic mass is 35.5. The van der Waals surface area contributed by atoms with Crippen molar-refractivity contribution in [2.45, 2.75) is 23.6 Å². The van der Waals surface area contributed by atoms with Gasteiger partial charge < -0.3 is 9.47 Å². The summed E-state index contributed by atoms with van der Waals surface area (Å²) < 4.78 is 40.0. The molecular formula is C26H26ClN3O5S3. The van der Waals surface area contributed by atoms with E-state index in [-0.39, 0.29) is 29.1 Å². The molecule has 12 heteroatoms. The number of piperidine rings is 1. The van der Waals surface area contributed by atoms with E-state index < -0.39 is 10.0 Å². The molecule has 4 aromatic rings. The lowest BCUT2D eigenvalue weighted by molar-refractivity contribution is -0.123. The number of carbonyl (C=O) groups is 1. The number of thiazole rings is 1. The molecule has 5 rings (SSSR count). The van der Waals surface area contributed by atoms with Gasteiger partial charge in [0.2, 0.25) is 5.91 Å². The molecule has 0 unspecified atom stereocenters.